The van der Waals surface area contributed by atoms with Crippen molar-refractivity contribution in [2.75, 3.05) is 13.2 Å². The molecule has 4 atom stereocenters. The minimum Gasteiger partial charge on any atom is -0.491 e. The summed E-state index contributed by atoms with van der Waals surface area (Å²) < 4.78 is 43.6. The molecule has 1 saturated carbocycles. The van der Waals surface area contributed by atoms with Crippen LogP contribution >= 0.6 is 0 Å². The van der Waals surface area contributed by atoms with E-state index in [4.69, 9.17) is 4.74 Å². The Bertz CT molecular complexity index is 868. The summed E-state index contributed by atoms with van der Waals surface area (Å²) in [4.78, 5) is 23.7. The fourth-order valence-electron chi connectivity index (χ4n) is 3.81. The molecule has 1 aliphatic carbocycles. The van der Waals surface area contributed by atoms with E-state index in [9.17, 15) is 33.0 Å². The first kappa shape index (κ1) is 27.6. The van der Waals surface area contributed by atoms with Crippen LogP contribution in [0.4, 0.5) is 13.2 Å². The van der Waals surface area contributed by atoms with E-state index in [2.05, 4.69) is 5.32 Å². The molecular weight excluding hydrogens is 451 g/mol. The highest BCUT2D eigenvalue weighted by Crippen LogP contribution is 2.34. The van der Waals surface area contributed by atoms with Gasteiger partial charge in [0.25, 0.3) is 0 Å². The normalized spacial score (nSPS) is 21.9. The molecule has 0 unspecified atom stereocenters. The van der Waals surface area contributed by atoms with E-state index >= 15 is 0 Å². The number of carbonyl (C=O) groups excluding carboxylic acids is 2. The average Bonchev–Trinajstić information content (AvgIpc) is 3.05. The van der Waals surface area contributed by atoms with Crippen molar-refractivity contribution in [1.82, 2.24) is 5.32 Å². The Morgan fingerprint density at radius 1 is 1.32 bits per heavy atom. The fraction of sp³-hybridized carbons (Fsp3) is 0.520. The number of ether oxygens (including phenoxy) is 1. The molecule has 1 aromatic rings. The zero-order chi connectivity index (χ0) is 25.1. The lowest BCUT2D eigenvalue weighted by atomic mass is 9.90. The average molecular weight is 484 g/mol. The van der Waals surface area contributed by atoms with Gasteiger partial charge in [0.1, 0.15) is 24.2 Å². The quantitative estimate of drug-likeness (QED) is 0.310. The summed E-state index contributed by atoms with van der Waals surface area (Å²) in [5.74, 6) is -0.985. The number of hydrogen-bond donors (Lipinski definition) is 3. The molecule has 0 radical (unpaired) electrons. The highest BCUT2D eigenvalue weighted by atomic mass is 19.4. The molecule has 2 rings (SSSR count). The van der Waals surface area contributed by atoms with Crippen LogP contribution in [0.2, 0.25) is 0 Å². The lowest BCUT2D eigenvalue weighted by molar-refractivity contribution is -0.137. The number of unbranched alkanes of at least 4 members (excludes halogenated alkanes) is 1. The number of Topliss-reactive ketones (excluding diaryl/α,β-unsaturated/α-hetero) is 1. The maximum Gasteiger partial charge on any atom is 0.416 e. The van der Waals surface area contributed by atoms with Crippen molar-refractivity contribution < 1.29 is 37.7 Å². The van der Waals surface area contributed by atoms with Crippen molar-refractivity contribution in [3.05, 3.63) is 54.1 Å². The summed E-state index contributed by atoms with van der Waals surface area (Å²) in [5, 5.41) is 23.1. The SMILES string of the molecule is CCNC(=O)CCC/C=C\C[C@H]1C(=O)C[C@@H](O)[C@@H]1/C=C/[C@@H](O)COc1cccc(C(F)(F)F)c1. The van der Waals surface area contributed by atoms with E-state index in [0.29, 0.717) is 32.2 Å². The molecule has 1 fully saturated rings. The first-order valence-electron chi connectivity index (χ1n) is 11.4. The largest absolute Gasteiger partial charge is 0.491 e. The molecule has 3 N–H and O–H groups in total. The van der Waals surface area contributed by atoms with E-state index in [1.807, 2.05) is 19.1 Å². The van der Waals surface area contributed by atoms with E-state index in [1.165, 1.54) is 18.2 Å². The van der Waals surface area contributed by atoms with Crippen LogP contribution in [0, 0.1) is 11.8 Å². The van der Waals surface area contributed by atoms with Crippen LogP contribution in [0.5, 0.6) is 5.75 Å². The predicted octanol–water partition coefficient (Wildman–Crippen LogP) is 3.82. The predicted molar refractivity (Wildman–Crippen MR) is 121 cm³/mol. The van der Waals surface area contributed by atoms with Crippen LogP contribution in [0.25, 0.3) is 0 Å². The molecule has 0 heterocycles. The highest BCUT2D eigenvalue weighted by molar-refractivity contribution is 5.84. The third-order valence-electron chi connectivity index (χ3n) is 5.58. The Hall–Kier alpha value is -2.65. The first-order chi connectivity index (χ1) is 16.1. The standard InChI is InChI=1S/C25H32F3NO5/c1-2-29-24(33)11-6-4-3-5-10-20-21(23(32)15-22(20)31)13-12-18(30)16-34-19-9-7-8-17(14-19)25(26,27)28/h3,5,7-9,12-14,18,20-21,23,30,32H,2,4,6,10-11,15-16H2,1H3,(H,29,33)/b5-3-,13-12+/t18-,20-,21-,23-/m1/s1. The molecule has 34 heavy (non-hydrogen) atoms. The van der Waals surface area contributed by atoms with Crippen molar-refractivity contribution in [3.63, 3.8) is 0 Å². The number of halogens is 3. The molecule has 6 nitrogen and oxygen atoms in total. The van der Waals surface area contributed by atoms with Crippen molar-refractivity contribution in [3.8, 4) is 5.75 Å². The zero-order valence-corrected chi connectivity index (χ0v) is 19.1. The number of aliphatic hydroxyl groups is 2. The monoisotopic (exact) mass is 483 g/mol. The van der Waals surface area contributed by atoms with Gasteiger partial charge in [-0.15, -0.1) is 0 Å². The van der Waals surface area contributed by atoms with Crippen LogP contribution in [0.3, 0.4) is 0 Å². The molecule has 0 bridgehead atoms. The van der Waals surface area contributed by atoms with E-state index in [-0.39, 0.29) is 30.5 Å². The molecule has 1 aromatic carbocycles. The summed E-state index contributed by atoms with van der Waals surface area (Å²) in [5.41, 5.74) is -0.845. The van der Waals surface area contributed by atoms with Crippen LogP contribution in [-0.2, 0) is 15.8 Å². The van der Waals surface area contributed by atoms with Gasteiger partial charge in [0.15, 0.2) is 0 Å². The molecule has 0 spiro atoms. The van der Waals surface area contributed by atoms with Crippen molar-refractivity contribution in [2.45, 2.75) is 57.4 Å². The zero-order valence-electron chi connectivity index (χ0n) is 19.1. The molecule has 188 valence electrons. The summed E-state index contributed by atoms with van der Waals surface area (Å²) in [6.07, 6.45) is 2.57. The Balaban J connectivity index is 1.84. The van der Waals surface area contributed by atoms with Crippen LogP contribution in [-0.4, -0.2) is 47.3 Å². The number of amides is 1. The fourth-order valence-corrected chi connectivity index (χ4v) is 3.81. The van der Waals surface area contributed by atoms with E-state index in [1.54, 1.807) is 6.08 Å². The van der Waals surface area contributed by atoms with Crippen molar-refractivity contribution >= 4 is 11.7 Å². The minimum atomic E-state index is -4.49. The molecular formula is C25H32F3NO5. The van der Waals surface area contributed by atoms with Gasteiger partial charge < -0.3 is 20.3 Å². The van der Waals surface area contributed by atoms with Gasteiger partial charge in [0, 0.05) is 31.2 Å². The van der Waals surface area contributed by atoms with E-state index in [0.717, 1.165) is 12.1 Å². The molecule has 0 aliphatic heterocycles. The summed E-state index contributed by atoms with van der Waals surface area (Å²) in [7, 11) is 0. The second kappa shape index (κ2) is 13.3. The number of nitrogens with one attached hydrogen (secondary N) is 1. The molecule has 9 heteroatoms. The number of carbonyl (C=O) groups is 2. The van der Waals surface area contributed by atoms with Crippen molar-refractivity contribution in [1.29, 1.82) is 0 Å². The van der Waals surface area contributed by atoms with Crippen LogP contribution in [0.15, 0.2) is 48.6 Å². The van der Waals surface area contributed by atoms with Gasteiger partial charge in [-0.25, -0.2) is 0 Å². The summed E-state index contributed by atoms with van der Waals surface area (Å²) >= 11 is 0. The van der Waals surface area contributed by atoms with Gasteiger partial charge in [-0.05, 0) is 44.4 Å². The van der Waals surface area contributed by atoms with Gasteiger partial charge in [0.05, 0.1) is 11.7 Å². The number of allylic oxidation sites excluding steroid dienone is 2. The minimum absolute atomic E-state index is 0.00536. The van der Waals surface area contributed by atoms with Crippen molar-refractivity contribution in [2.24, 2.45) is 11.8 Å². The van der Waals surface area contributed by atoms with Crippen LogP contribution in [0.1, 0.15) is 44.6 Å². The number of ketones is 1. The van der Waals surface area contributed by atoms with Gasteiger partial charge >= 0.3 is 6.18 Å². The molecule has 1 amide bonds. The third-order valence-corrected chi connectivity index (χ3v) is 5.58. The smallest absolute Gasteiger partial charge is 0.416 e. The Morgan fingerprint density at radius 3 is 2.79 bits per heavy atom. The second-order valence-electron chi connectivity index (χ2n) is 8.26. The van der Waals surface area contributed by atoms with Gasteiger partial charge in [-0.2, -0.15) is 13.2 Å². The number of hydrogen-bond acceptors (Lipinski definition) is 5. The van der Waals surface area contributed by atoms with Gasteiger partial charge in [-0.3, -0.25) is 9.59 Å². The van der Waals surface area contributed by atoms with Gasteiger partial charge in [-0.1, -0.05) is 30.4 Å². The topological polar surface area (TPSA) is 95.9 Å². The summed E-state index contributed by atoms with van der Waals surface area (Å²) in [6, 6.07) is 4.37. The maximum atomic E-state index is 12.8. The Morgan fingerprint density at radius 2 is 2.09 bits per heavy atom. The number of aliphatic hydroxyl groups excluding tert-OH is 2. The highest BCUT2D eigenvalue weighted by Gasteiger charge is 2.39. The molecule has 0 saturated heterocycles. The first-order valence-corrected chi connectivity index (χ1v) is 11.4. The lowest BCUT2D eigenvalue weighted by Gasteiger charge is -2.17. The lowest BCUT2D eigenvalue weighted by Crippen LogP contribution is -2.21. The summed E-state index contributed by atoms with van der Waals surface area (Å²) in [6.45, 7) is 2.19. The molecule has 1 aliphatic rings. The number of benzene rings is 1. The van der Waals surface area contributed by atoms with Crippen LogP contribution < -0.4 is 10.1 Å². The van der Waals surface area contributed by atoms with E-state index < -0.39 is 35.8 Å². The maximum absolute atomic E-state index is 12.8. The number of alkyl halides is 3. The Labute approximate surface area is 197 Å². The second-order valence-corrected chi connectivity index (χ2v) is 8.26. The third kappa shape index (κ3) is 8.95. The molecule has 0 aromatic heterocycles. The van der Waals surface area contributed by atoms with Gasteiger partial charge in [0.2, 0.25) is 5.91 Å². The Kier molecular flexibility index (Phi) is 10.8. The number of rotatable bonds is 12.